The van der Waals surface area contributed by atoms with Crippen LogP contribution in [0, 0.1) is 5.92 Å². The monoisotopic (exact) mass is 873 g/mol. The average molecular weight is 873 g/mol. The minimum atomic E-state index is -2.27. The first-order valence-corrected chi connectivity index (χ1v) is 22.5. The van der Waals surface area contributed by atoms with E-state index in [4.69, 9.17) is 18.9 Å². The third-order valence-electron chi connectivity index (χ3n) is 11.9. The number of anilines is 1. The second-order valence-electron chi connectivity index (χ2n) is 17.0. The van der Waals surface area contributed by atoms with Gasteiger partial charge in [0.15, 0.2) is 12.4 Å². The van der Waals surface area contributed by atoms with Crippen molar-refractivity contribution in [2.24, 2.45) is 13.0 Å². The van der Waals surface area contributed by atoms with Crippen LogP contribution in [0.5, 0.6) is 0 Å². The molecule has 1 unspecified atom stereocenters. The largest absolute Gasteiger partial charge is 0.453 e. The molecular weight excluding hydrogens is 796 g/mol. The Labute approximate surface area is 360 Å². The predicted octanol–water partition coefficient (Wildman–Crippen LogP) is 1.95. The van der Waals surface area contributed by atoms with Gasteiger partial charge in [-0.15, -0.1) is 0 Å². The van der Waals surface area contributed by atoms with E-state index in [1.54, 1.807) is 33.0 Å². The average Bonchev–Trinajstić information content (AvgIpc) is 3.52. The van der Waals surface area contributed by atoms with Crippen LogP contribution in [0.1, 0.15) is 135 Å². The standard InChI is InChI=1S/C31H56O12.C12H20N4O2/c1-3-4-5-6-7-8-9-10-11-12-13-14-15-16-17-21(2)29(39)41-28-25(36)23(19-33)42-31(28,20-34)43-30-27(38)26(37)24(35)22(18-32)40-30;1-14(2)10-13-11(17)16(12(18)15(10)3)9-7-5-4-6-8-9/h10-11,21-28,30,32-38H,3-9,12-20H2,1-2H3;9H,4-8H2,1-3H3/b11-10-;/t21?,22-,23-,24-,25-,26+,27-,28+,30-,31+;/m1./s1. The summed E-state index contributed by atoms with van der Waals surface area (Å²) >= 11 is 0. The predicted molar refractivity (Wildman–Crippen MR) is 227 cm³/mol. The first kappa shape index (κ1) is 52.6. The molecule has 1 aromatic heterocycles. The van der Waals surface area contributed by atoms with Gasteiger partial charge in [-0.2, -0.15) is 4.98 Å². The van der Waals surface area contributed by atoms with Crippen LogP contribution in [0.2, 0.25) is 0 Å². The molecule has 1 saturated carbocycles. The highest BCUT2D eigenvalue weighted by Gasteiger charge is 2.61. The minimum Gasteiger partial charge on any atom is -0.453 e. The molecule has 352 valence electrons. The Kier molecular flexibility index (Phi) is 23.1. The second kappa shape index (κ2) is 26.8. The number of unbranched alkanes of at least 4 members (excludes halogenated alkanes) is 10. The van der Waals surface area contributed by atoms with E-state index in [0.29, 0.717) is 12.4 Å². The highest BCUT2D eigenvalue weighted by atomic mass is 16.8. The normalized spacial score (nSPS) is 28.7. The Morgan fingerprint density at radius 1 is 0.852 bits per heavy atom. The van der Waals surface area contributed by atoms with Gasteiger partial charge in [0.25, 0.3) is 0 Å². The molecule has 61 heavy (non-hydrogen) atoms. The summed E-state index contributed by atoms with van der Waals surface area (Å²) in [4.78, 5) is 43.0. The van der Waals surface area contributed by atoms with Gasteiger partial charge in [-0.3, -0.25) is 9.36 Å². The molecule has 1 aliphatic carbocycles. The molecule has 4 rings (SSSR count). The topological polar surface area (TPSA) is 256 Å². The summed E-state index contributed by atoms with van der Waals surface area (Å²) in [7, 11) is 5.20. The summed E-state index contributed by atoms with van der Waals surface area (Å²) in [6.07, 6.45) is 11.3. The smallest absolute Gasteiger partial charge is 0.355 e. The van der Waals surface area contributed by atoms with Crippen LogP contribution in [-0.2, 0) is 30.8 Å². The van der Waals surface area contributed by atoms with Crippen molar-refractivity contribution in [1.29, 1.82) is 0 Å². The van der Waals surface area contributed by atoms with Crippen molar-refractivity contribution in [3.63, 3.8) is 0 Å². The summed E-state index contributed by atoms with van der Waals surface area (Å²) < 4.78 is 24.9. The number of hydrogen-bond acceptors (Lipinski definition) is 16. The van der Waals surface area contributed by atoms with E-state index in [-0.39, 0.29) is 11.7 Å². The molecule has 18 heteroatoms. The molecule has 0 amide bonds. The van der Waals surface area contributed by atoms with Crippen molar-refractivity contribution in [3.05, 3.63) is 33.1 Å². The molecule has 18 nitrogen and oxygen atoms in total. The second-order valence-corrected chi connectivity index (χ2v) is 17.0. The summed E-state index contributed by atoms with van der Waals surface area (Å²) in [5, 5.41) is 70.7. The van der Waals surface area contributed by atoms with Crippen LogP contribution in [0.3, 0.4) is 0 Å². The van der Waals surface area contributed by atoms with Crippen LogP contribution in [0.4, 0.5) is 5.95 Å². The summed E-state index contributed by atoms with van der Waals surface area (Å²) in [5.74, 6) is -3.07. The Balaban J connectivity index is 0.000000455. The SMILES string of the molecule is CCCCCCCC/C=C\CCCCCCC(C)C(=O)O[C@H]1[C@H](O)[C@@H](CO)O[C@@]1(CO)O[C@H]1O[C@H](CO)[C@@H](O)[C@H](O)[C@H]1O.CN(C)c1nc(=O)n(C2CCCCC2)c(=O)n1C. The number of aliphatic hydroxyl groups excluding tert-OH is 7. The van der Waals surface area contributed by atoms with E-state index in [1.165, 1.54) is 54.1 Å². The molecule has 3 fully saturated rings. The lowest BCUT2D eigenvalue weighted by molar-refractivity contribution is -0.384. The number of hydrogen-bond donors (Lipinski definition) is 7. The number of esters is 1. The Bertz CT molecular complexity index is 1570. The van der Waals surface area contributed by atoms with E-state index < -0.39 is 92.2 Å². The van der Waals surface area contributed by atoms with Gasteiger partial charge >= 0.3 is 17.3 Å². The first-order valence-electron chi connectivity index (χ1n) is 22.5. The van der Waals surface area contributed by atoms with E-state index in [0.717, 1.165) is 64.2 Å². The van der Waals surface area contributed by atoms with Crippen molar-refractivity contribution in [2.75, 3.05) is 38.8 Å². The highest BCUT2D eigenvalue weighted by molar-refractivity contribution is 5.72. The molecule has 1 aromatic rings. The Morgan fingerprint density at radius 2 is 1.44 bits per heavy atom. The van der Waals surface area contributed by atoms with Crippen molar-refractivity contribution in [3.8, 4) is 0 Å². The van der Waals surface area contributed by atoms with Crippen molar-refractivity contribution in [2.45, 2.75) is 190 Å². The molecule has 0 bridgehead atoms. The van der Waals surface area contributed by atoms with Gasteiger partial charge in [-0.1, -0.05) is 96.6 Å². The van der Waals surface area contributed by atoms with Gasteiger partial charge in [0.05, 0.1) is 19.1 Å². The molecular formula is C43H76N4O14. The van der Waals surface area contributed by atoms with Gasteiger partial charge in [-0.25, -0.2) is 14.2 Å². The van der Waals surface area contributed by atoms with E-state index >= 15 is 0 Å². The third-order valence-corrected chi connectivity index (χ3v) is 11.9. The number of aromatic nitrogens is 3. The molecule has 10 atom stereocenters. The van der Waals surface area contributed by atoms with Crippen LogP contribution in [0.25, 0.3) is 0 Å². The molecule has 0 radical (unpaired) electrons. The van der Waals surface area contributed by atoms with Gasteiger partial charge in [-0.05, 0) is 44.9 Å². The number of allylic oxidation sites excluding steroid dienone is 2. The van der Waals surface area contributed by atoms with Gasteiger partial charge in [0, 0.05) is 27.2 Å². The number of ether oxygens (including phenoxy) is 4. The van der Waals surface area contributed by atoms with Crippen LogP contribution in [-0.4, -0.2) is 145 Å². The van der Waals surface area contributed by atoms with E-state index in [1.807, 2.05) is 0 Å². The number of carbonyl (C=O) groups is 1. The van der Waals surface area contributed by atoms with Crippen LogP contribution in [0.15, 0.2) is 21.7 Å². The summed E-state index contributed by atoms with van der Waals surface area (Å²) in [6.45, 7) is 1.53. The van der Waals surface area contributed by atoms with Crippen molar-refractivity contribution >= 4 is 11.9 Å². The molecule has 0 aromatic carbocycles. The molecule has 7 N–H and O–H groups in total. The minimum absolute atomic E-state index is 0.0219. The molecule has 0 spiro atoms. The maximum Gasteiger partial charge on any atom is 0.355 e. The maximum atomic E-state index is 13.0. The van der Waals surface area contributed by atoms with E-state index in [2.05, 4.69) is 24.1 Å². The Hall–Kier alpha value is -2.78. The lowest BCUT2D eigenvalue weighted by atomic mass is 9.95. The fraction of sp³-hybridized carbons (Fsp3) is 0.860. The number of nitrogens with zero attached hydrogens (tertiary/aromatic N) is 4. The lowest BCUT2D eigenvalue weighted by Crippen LogP contribution is -2.63. The van der Waals surface area contributed by atoms with Gasteiger partial charge in [0.1, 0.15) is 43.2 Å². The number of aliphatic hydroxyl groups is 7. The fourth-order valence-electron chi connectivity index (χ4n) is 8.07. The van der Waals surface area contributed by atoms with Crippen molar-refractivity contribution in [1.82, 2.24) is 14.1 Å². The maximum absolute atomic E-state index is 13.0. The van der Waals surface area contributed by atoms with Crippen LogP contribution < -0.4 is 16.3 Å². The lowest BCUT2D eigenvalue weighted by Gasteiger charge is -2.43. The zero-order chi connectivity index (χ0) is 45.1. The Morgan fingerprint density at radius 3 is 2.02 bits per heavy atom. The third kappa shape index (κ3) is 14.9. The van der Waals surface area contributed by atoms with Crippen molar-refractivity contribution < 1.29 is 59.5 Å². The van der Waals surface area contributed by atoms with Gasteiger partial charge < -0.3 is 59.6 Å². The number of rotatable bonds is 23. The summed E-state index contributed by atoms with van der Waals surface area (Å²) in [6, 6.07) is 0.0219. The molecule has 2 aliphatic heterocycles. The molecule has 3 heterocycles. The first-order chi connectivity index (χ1) is 29.2. The fourth-order valence-corrected chi connectivity index (χ4v) is 8.07. The van der Waals surface area contributed by atoms with Gasteiger partial charge in [0.2, 0.25) is 11.7 Å². The number of carbonyl (C=O) groups excluding carboxylic acids is 1. The zero-order valence-electron chi connectivity index (χ0n) is 37.1. The van der Waals surface area contributed by atoms with Crippen LogP contribution >= 0.6 is 0 Å². The molecule has 3 aliphatic rings. The summed E-state index contributed by atoms with van der Waals surface area (Å²) in [5.41, 5.74) is -0.681. The zero-order valence-corrected chi connectivity index (χ0v) is 37.1. The molecule has 2 saturated heterocycles. The quantitative estimate of drug-likeness (QED) is 0.0471. The highest BCUT2D eigenvalue weighted by Crippen LogP contribution is 2.38. The van der Waals surface area contributed by atoms with E-state index in [9.17, 15) is 50.1 Å².